The molecule has 0 spiro atoms. The Balaban J connectivity index is 1.73. The number of thiophene rings is 1. The fourth-order valence-electron chi connectivity index (χ4n) is 3.41. The number of nitrogens with zero attached hydrogens (tertiary/aromatic N) is 1. The summed E-state index contributed by atoms with van der Waals surface area (Å²) in [6, 6.07) is 22.9. The van der Waals surface area contributed by atoms with E-state index >= 15 is 0 Å². The Labute approximate surface area is 184 Å². The van der Waals surface area contributed by atoms with Crippen molar-refractivity contribution in [1.82, 2.24) is 4.98 Å². The van der Waals surface area contributed by atoms with Gasteiger partial charge in [0.15, 0.2) is 0 Å². The Morgan fingerprint density at radius 3 is 2.48 bits per heavy atom. The van der Waals surface area contributed by atoms with E-state index in [9.17, 15) is 9.18 Å². The standard InChI is InChI=1S/C25H22FN3OS/c1-16-8-6-13-22(27-16)28-23(19-11-7-12-20(26)15-19)21-14-17(2)31-25(21)29-24(30)18-9-4-3-5-10-18/h3-15,23H,1-2H3,(H,27,28)(H,29,30)/t23-/m0/s1. The first-order valence-corrected chi connectivity index (χ1v) is 10.7. The lowest BCUT2D eigenvalue weighted by molar-refractivity contribution is 0.102. The molecule has 2 aromatic carbocycles. The van der Waals surface area contributed by atoms with Crippen molar-refractivity contribution in [1.29, 1.82) is 0 Å². The van der Waals surface area contributed by atoms with Crippen molar-refractivity contribution in [2.45, 2.75) is 19.9 Å². The predicted octanol–water partition coefficient (Wildman–Crippen LogP) is 6.35. The monoisotopic (exact) mass is 431 g/mol. The highest BCUT2D eigenvalue weighted by Crippen LogP contribution is 2.37. The van der Waals surface area contributed by atoms with Crippen LogP contribution in [-0.4, -0.2) is 10.9 Å². The minimum Gasteiger partial charge on any atom is -0.359 e. The number of carbonyl (C=O) groups excluding carboxylic acids is 1. The van der Waals surface area contributed by atoms with Crippen LogP contribution in [0.4, 0.5) is 15.2 Å². The van der Waals surface area contributed by atoms with Gasteiger partial charge in [-0.2, -0.15) is 0 Å². The maximum Gasteiger partial charge on any atom is 0.256 e. The highest BCUT2D eigenvalue weighted by Gasteiger charge is 2.22. The first-order chi connectivity index (χ1) is 15.0. The molecule has 0 unspecified atom stereocenters. The van der Waals surface area contributed by atoms with Gasteiger partial charge >= 0.3 is 0 Å². The molecule has 0 aliphatic carbocycles. The van der Waals surface area contributed by atoms with E-state index in [1.165, 1.54) is 23.5 Å². The number of benzene rings is 2. The molecule has 31 heavy (non-hydrogen) atoms. The topological polar surface area (TPSA) is 54.0 Å². The molecule has 0 bridgehead atoms. The molecule has 0 aliphatic rings. The predicted molar refractivity (Wildman–Crippen MR) is 124 cm³/mol. The second kappa shape index (κ2) is 9.10. The lowest BCUT2D eigenvalue weighted by atomic mass is 9.99. The molecule has 4 rings (SSSR count). The first-order valence-electron chi connectivity index (χ1n) is 9.92. The Bertz CT molecular complexity index is 1210. The normalized spacial score (nSPS) is 11.7. The number of nitrogens with one attached hydrogen (secondary N) is 2. The van der Waals surface area contributed by atoms with E-state index in [1.54, 1.807) is 18.2 Å². The fraction of sp³-hybridized carbons (Fsp3) is 0.120. The third-order valence-corrected chi connectivity index (χ3v) is 5.80. The summed E-state index contributed by atoms with van der Waals surface area (Å²) in [5, 5.41) is 7.18. The maximum absolute atomic E-state index is 14.1. The van der Waals surface area contributed by atoms with E-state index in [0.717, 1.165) is 26.7 Å². The number of pyridine rings is 1. The average molecular weight is 432 g/mol. The van der Waals surface area contributed by atoms with Crippen LogP contribution in [0, 0.1) is 19.7 Å². The lowest BCUT2D eigenvalue weighted by Gasteiger charge is -2.21. The van der Waals surface area contributed by atoms with Crippen LogP contribution in [0.2, 0.25) is 0 Å². The molecule has 6 heteroatoms. The molecule has 0 fully saturated rings. The Hall–Kier alpha value is -3.51. The number of halogens is 1. The Morgan fingerprint density at radius 2 is 1.74 bits per heavy atom. The van der Waals surface area contributed by atoms with Crippen LogP contribution in [0.3, 0.4) is 0 Å². The van der Waals surface area contributed by atoms with Crippen LogP contribution < -0.4 is 10.6 Å². The molecule has 0 saturated carbocycles. The van der Waals surface area contributed by atoms with Crippen LogP contribution in [0.1, 0.15) is 38.1 Å². The zero-order valence-electron chi connectivity index (χ0n) is 17.2. The smallest absolute Gasteiger partial charge is 0.256 e. The molecular formula is C25H22FN3OS. The van der Waals surface area contributed by atoms with E-state index in [-0.39, 0.29) is 17.8 Å². The van der Waals surface area contributed by atoms with Crippen LogP contribution in [0.5, 0.6) is 0 Å². The van der Waals surface area contributed by atoms with Gasteiger partial charge in [0, 0.05) is 21.7 Å². The van der Waals surface area contributed by atoms with Crippen molar-refractivity contribution in [2.75, 3.05) is 10.6 Å². The number of hydrogen-bond acceptors (Lipinski definition) is 4. The maximum atomic E-state index is 14.1. The largest absolute Gasteiger partial charge is 0.359 e. The zero-order chi connectivity index (χ0) is 21.8. The first kappa shape index (κ1) is 20.8. The second-order valence-electron chi connectivity index (χ2n) is 7.26. The summed E-state index contributed by atoms with van der Waals surface area (Å²) in [5.74, 6) is 0.178. The van der Waals surface area contributed by atoms with Gasteiger partial charge in [-0.25, -0.2) is 9.37 Å². The van der Waals surface area contributed by atoms with Crippen molar-refractivity contribution >= 4 is 28.1 Å². The molecule has 4 aromatic rings. The minimum absolute atomic E-state index is 0.185. The Kier molecular flexibility index (Phi) is 6.09. The summed E-state index contributed by atoms with van der Waals surface area (Å²) >= 11 is 1.49. The van der Waals surface area contributed by atoms with Gasteiger partial charge in [-0.15, -0.1) is 11.3 Å². The van der Waals surface area contributed by atoms with E-state index in [1.807, 2.05) is 62.4 Å². The molecule has 0 saturated heterocycles. The van der Waals surface area contributed by atoms with Gasteiger partial charge in [0.2, 0.25) is 0 Å². The highest BCUT2D eigenvalue weighted by molar-refractivity contribution is 7.16. The van der Waals surface area contributed by atoms with Gasteiger partial charge < -0.3 is 10.6 Å². The Morgan fingerprint density at radius 1 is 0.968 bits per heavy atom. The molecule has 2 aromatic heterocycles. The van der Waals surface area contributed by atoms with Gasteiger partial charge in [0.25, 0.3) is 5.91 Å². The summed E-state index contributed by atoms with van der Waals surface area (Å²) in [6.45, 7) is 3.91. The quantitative estimate of drug-likeness (QED) is 0.374. The van der Waals surface area contributed by atoms with E-state index in [0.29, 0.717) is 11.4 Å². The molecule has 2 heterocycles. The van der Waals surface area contributed by atoms with E-state index in [2.05, 4.69) is 15.6 Å². The number of amides is 1. The summed E-state index contributed by atoms with van der Waals surface area (Å²) in [5.41, 5.74) is 3.06. The number of anilines is 2. The van der Waals surface area contributed by atoms with Gasteiger partial charge in [-0.1, -0.05) is 36.4 Å². The fourth-order valence-corrected chi connectivity index (χ4v) is 4.36. The van der Waals surface area contributed by atoms with E-state index in [4.69, 9.17) is 0 Å². The SMILES string of the molecule is Cc1cccc(N[C@@H](c2cccc(F)c2)c2cc(C)sc2NC(=O)c2ccccc2)n1. The van der Waals surface area contributed by atoms with Crippen molar-refractivity contribution in [3.05, 3.63) is 112 Å². The number of aromatic nitrogens is 1. The van der Waals surface area contributed by atoms with Crippen LogP contribution in [0.25, 0.3) is 0 Å². The summed E-state index contributed by atoms with van der Waals surface area (Å²) in [6.07, 6.45) is 0. The van der Waals surface area contributed by atoms with Crippen LogP contribution in [-0.2, 0) is 0 Å². The number of rotatable bonds is 6. The van der Waals surface area contributed by atoms with Gasteiger partial charge in [0.05, 0.1) is 6.04 Å². The van der Waals surface area contributed by atoms with Gasteiger partial charge in [-0.3, -0.25) is 4.79 Å². The number of aryl methyl sites for hydroxylation is 2. The van der Waals surface area contributed by atoms with Crippen LogP contribution in [0.15, 0.2) is 78.9 Å². The molecule has 4 nitrogen and oxygen atoms in total. The second-order valence-corrected chi connectivity index (χ2v) is 8.51. The molecule has 156 valence electrons. The number of hydrogen-bond donors (Lipinski definition) is 2. The van der Waals surface area contributed by atoms with E-state index < -0.39 is 0 Å². The molecule has 0 radical (unpaired) electrons. The highest BCUT2D eigenvalue weighted by atomic mass is 32.1. The third-order valence-electron chi connectivity index (χ3n) is 4.82. The average Bonchev–Trinajstić information content (AvgIpc) is 3.12. The zero-order valence-corrected chi connectivity index (χ0v) is 18.0. The minimum atomic E-state index is -0.388. The molecule has 0 aliphatic heterocycles. The molecule has 1 atom stereocenters. The van der Waals surface area contributed by atoms with Crippen molar-refractivity contribution in [3.8, 4) is 0 Å². The van der Waals surface area contributed by atoms with Crippen molar-refractivity contribution in [3.63, 3.8) is 0 Å². The lowest BCUT2D eigenvalue weighted by Crippen LogP contribution is -2.17. The molecule has 2 N–H and O–H groups in total. The third kappa shape index (κ3) is 4.98. The van der Waals surface area contributed by atoms with Crippen molar-refractivity contribution in [2.24, 2.45) is 0 Å². The van der Waals surface area contributed by atoms with Gasteiger partial charge in [-0.05, 0) is 61.9 Å². The molecule has 1 amide bonds. The van der Waals surface area contributed by atoms with Gasteiger partial charge in [0.1, 0.15) is 16.6 Å². The van der Waals surface area contributed by atoms with Crippen molar-refractivity contribution < 1.29 is 9.18 Å². The van der Waals surface area contributed by atoms with Crippen LogP contribution >= 0.6 is 11.3 Å². The summed E-state index contributed by atoms with van der Waals surface area (Å²) < 4.78 is 14.1. The number of carbonyl (C=O) groups is 1. The summed E-state index contributed by atoms with van der Waals surface area (Å²) in [4.78, 5) is 18.4. The molecular weight excluding hydrogens is 409 g/mol. The summed E-state index contributed by atoms with van der Waals surface area (Å²) in [7, 11) is 0.